The zero-order chi connectivity index (χ0) is 15.5. The van der Waals surface area contributed by atoms with Crippen LogP contribution in [0.4, 0.5) is 0 Å². The van der Waals surface area contributed by atoms with E-state index in [9.17, 15) is 4.79 Å². The normalized spacial score (nSPS) is 51.3. The molecule has 0 N–H and O–H groups in total. The van der Waals surface area contributed by atoms with E-state index in [1.54, 1.807) is 5.57 Å². The quantitative estimate of drug-likeness (QED) is 0.751. The van der Waals surface area contributed by atoms with Crippen molar-refractivity contribution < 1.29 is 9.53 Å². The maximum Gasteiger partial charge on any atom is 0.177 e. The van der Waals surface area contributed by atoms with Crippen LogP contribution in [-0.2, 0) is 9.53 Å². The van der Waals surface area contributed by atoms with Crippen molar-refractivity contribution in [1.29, 1.82) is 0 Å². The third kappa shape index (κ3) is 1.29. The van der Waals surface area contributed by atoms with Crippen molar-refractivity contribution in [3.8, 4) is 0 Å². The molecule has 120 valence electrons. The van der Waals surface area contributed by atoms with Gasteiger partial charge in [-0.2, -0.15) is 0 Å². The van der Waals surface area contributed by atoms with Crippen LogP contribution >= 0.6 is 0 Å². The van der Waals surface area contributed by atoms with Gasteiger partial charge in [-0.15, -0.1) is 0 Å². The third-order valence-electron chi connectivity index (χ3n) is 8.40. The Labute approximate surface area is 133 Å². The summed E-state index contributed by atoms with van der Waals surface area (Å²) in [6, 6.07) is 0. The SMILES string of the molecule is CC(C)[C@]12CC3=C(CC[C@@]4(O3)C(=O)C[C@]3(C(C)C)C[C@@H]34)[C@H]1C2. The molecule has 5 rings (SSSR count). The van der Waals surface area contributed by atoms with E-state index in [0.29, 0.717) is 23.0 Å². The fourth-order valence-electron chi connectivity index (χ4n) is 6.51. The van der Waals surface area contributed by atoms with Crippen LogP contribution in [-0.4, -0.2) is 11.4 Å². The summed E-state index contributed by atoms with van der Waals surface area (Å²) in [5, 5.41) is 0. The number of carbonyl (C=O) groups is 1. The average molecular weight is 300 g/mol. The molecule has 1 heterocycles. The van der Waals surface area contributed by atoms with Gasteiger partial charge in [-0.25, -0.2) is 0 Å². The Kier molecular flexibility index (Phi) is 2.26. The molecule has 0 aromatic carbocycles. The average Bonchev–Trinajstić information content (AvgIpc) is 3.32. The summed E-state index contributed by atoms with van der Waals surface area (Å²) in [5.74, 6) is 4.30. The van der Waals surface area contributed by atoms with Crippen molar-refractivity contribution in [1.82, 2.24) is 0 Å². The maximum absolute atomic E-state index is 12.8. The number of hydrogen-bond donors (Lipinski definition) is 0. The number of ketones is 1. The summed E-state index contributed by atoms with van der Waals surface area (Å²) in [5.41, 5.74) is 1.95. The molecular weight excluding hydrogens is 272 g/mol. The minimum atomic E-state index is -0.419. The van der Waals surface area contributed by atoms with Gasteiger partial charge in [-0.1, -0.05) is 27.7 Å². The highest BCUT2D eigenvalue weighted by atomic mass is 16.5. The molecular formula is C20H28O2. The van der Waals surface area contributed by atoms with Crippen molar-refractivity contribution >= 4 is 5.78 Å². The zero-order valence-corrected chi connectivity index (χ0v) is 14.4. The molecule has 3 saturated carbocycles. The van der Waals surface area contributed by atoms with Gasteiger partial charge in [0.05, 0.1) is 5.76 Å². The summed E-state index contributed by atoms with van der Waals surface area (Å²) in [6.07, 6.45) is 6.57. The van der Waals surface area contributed by atoms with Gasteiger partial charge in [-0.05, 0) is 59.8 Å². The standard InChI is InChI=1S/C20H28O2/c1-11(2)18-7-14(18)13-5-6-20(22-15(13)8-18)16-9-19(16,12(3)4)10-17(20)21/h11-12,14,16H,5-10H2,1-4H3/t14-,16+,18+,19+,20+/m1/s1. The Morgan fingerprint density at radius 2 is 1.77 bits per heavy atom. The van der Waals surface area contributed by atoms with Gasteiger partial charge >= 0.3 is 0 Å². The van der Waals surface area contributed by atoms with E-state index in [-0.39, 0.29) is 5.41 Å². The van der Waals surface area contributed by atoms with Crippen molar-refractivity contribution in [3.05, 3.63) is 11.3 Å². The fraction of sp³-hybridized carbons (Fsp3) is 0.850. The largest absolute Gasteiger partial charge is 0.484 e. The molecule has 0 aromatic heterocycles. The van der Waals surface area contributed by atoms with Crippen LogP contribution in [0.15, 0.2) is 11.3 Å². The van der Waals surface area contributed by atoms with Crippen LogP contribution in [0, 0.1) is 34.5 Å². The highest BCUT2D eigenvalue weighted by Gasteiger charge is 2.76. The van der Waals surface area contributed by atoms with E-state index in [2.05, 4.69) is 27.7 Å². The lowest BCUT2D eigenvalue weighted by Crippen LogP contribution is -2.43. The lowest BCUT2D eigenvalue weighted by molar-refractivity contribution is -0.141. The minimum Gasteiger partial charge on any atom is -0.484 e. The predicted molar refractivity (Wildman–Crippen MR) is 85.1 cm³/mol. The first-order valence-electron chi connectivity index (χ1n) is 9.30. The summed E-state index contributed by atoms with van der Waals surface area (Å²) in [4.78, 5) is 12.8. The summed E-state index contributed by atoms with van der Waals surface area (Å²) < 4.78 is 6.61. The van der Waals surface area contributed by atoms with Gasteiger partial charge in [0.2, 0.25) is 0 Å². The fourth-order valence-corrected chi connectivity index (χ4v) is 6.51. The number of allylic oxidation sites excluding steroid dienone is 2. The molecule has 0 radical (unpaired) electrons. The topological polar surface area (TPSA) is 26.3 Å². The molecule has 5 aliphatic rings. The molecule has 0 saturated heterocycles. The van der Waals surface area contributed by atoms with E-state index in [4.69, 9.17) is 4.74 Å². The summed E-state index contributed by atoms with van der Waals surface area (Å²) in [6.45, 7) is 9.30. The Bertz CT molecular complexity index is 615. The third-order valence-corrected chi connectivity index (χ3v) is 8.40. The Hall–Kier alpha value is -0.790. The summed E-state index contributed by atoms with van der Waals surface area (Å²) in [7, 11) is 0. The first-order chi connectivity index (χ1) is 10.4. The van der Waals surface area contributed by atoms with E-state index < -0.39 is 5.60 Å². The van der Waals surface area contributed by atoms with Gasteiger partial charge in [0.1, 0.15) is 0 Å². The van der Waals surface area contributed by atoms with Gasteiger partial charge in [-0.3, -0.25) is 4.79 Å². The van der Waals surface area contributed by atoms with Gasteiger partial charge in [0.25, 0.3) is 0 Å². The first kappa shape index (κ1) is 13.6. The van der Waals surface area contributed by atoms with Crippen LogP contribution in [0.2, 0.25) is 0 Å². The zero-order valence-electron chi connectivity index (χ0n) is 14.4. The van der Waals surface area contributed by atoms with E-state index in [0.717, 1.165) is 37.5 Å². The molecule has 0 aromatic rings. The van der Waals surface area contributed by atoms with Crippen LogP contribution in [0.5, 0.6) is 0 Å². The lowest BCUT2D eigenvalue weighted by atomic mass is 9.85. The van der Waals surface area contributed by atoms with Crippen molar-refractivity contribution in [3.63, 3.8) is 0 Å². The number of hydrogen-bond acceptors (Lipinski definition) is 2. The first-order valence-corrected chi connectivity index (χ1v) is 9.30. The molecule has 3 fully saturated rings. The second kappa shape index (κ2) is 3.65. The highest BCUT2D eigenvalue weighted by Crippen LogP contribution is 2.76. The number of rotatable bonds is 2. The van der Waals surface area contributed by atoms with Crippen LogP contribution in [0.3, 0.4) is 0 Å². The number of fused-ring (bicyclic) bond motifs is 4. The predicted octanol–water partition coefficient (Wildman–Crippen LogP) is 4.49. The lowest BCUT2D eigenvalue weighted by Gasteiger charge is -2.36. The van der Waals surface area contributed by atoms with Crippen LogP contribution < -0.4 is 0 Å². The molecule has 1 spiro atoms. The van der Waals surface area contributed by atoms with E-state index in [1.165, 1.54) is 18.6 Å². The van der Waals surface area contributed by atoms with Gasteiger partial charge in [0.15, 0.2) is 11.4 Å². The molecule has 2 nitrogen and oxygen atoms in total. The Morgan fingerprint density at radius 3 is 2.41 bits per heavy atom. The van der Waals surface area contributed by atoms with Crippen molar-refractivity contribution in [2.24, 2.45) is 34.5 Å². The molecule has 2 heteroatoms. The van der Waals surface area contributed by atoms with Crippen LogP contribution in [0.1, 0.15) is 66.2 Å². The monoisotopic (exact) mass is 300 g/mol. The minimum absolute atomic E-state index is 0.284. The van der Waals surface area contributed by atoms with E-state index in [1.807, 2.05) is 0 Å². The van der Waals surface area contributed by atoms with Crippen molar-refractivity contribution in [2.75, 3.05) is 0 Å². The Balaban J connectivity index is 1.45. The molecule has 22 heavy (non-hydrogen) atoms. The molecule has 0 amide bonds. The smallest absolute Gasteiger partial charge is 0.177 e. The molecule has 5 atom stereocenters. The molecule has 0 unspecified atom stereocenters. The molecule has 0 bridgehead atoms. The molecule has 4 aliphatic carbocycles. The number of ether oxygens (including phenoxy) is 1. The molecule has 1 aliphatic heterocycles. The highest BCUT2D eigenvalue weighted by molar-refractivity contribution is 5.93. The second-order valence-electron chi connectivity index (χ2n) is 9.51. The van der Waals surface area contributed by atoms with E-state index >= 15 is 0 Å². The maximum atomic E-state index is 12.8. The van der Waals surface area contributed by atoms with Crippen molar-refractivity contribution in [2.45, 2.75) is 71.8 Å². The number of carbonyl (C=O) groups excluding carboxylic acids is 1. The van der Waals surface area contributed by atoms with Gasteiger partial charge in [0, 0.05) is 18.8 Å². The second-order valence-corrected chi connectivity index (χ2v) is 9.51. The summed E-state index contributed by atoms with van der Waals surface area (Å²) >= 11 is 0. The number of Topliss-reactive ketones (excluding diaryl/α,β-unsaturated/α-hetero) is 1. The van der Waals surface area contributed by atoms with Gasteiger partial charge < -0.3 is 4.74 Å². The Morgan fingerprint density at radius 1 is 1.05 bits per heavy atom. The van der Waals surface area contributed by atoms with Crippen LogP contribution in [0.25, 0.3) is 0 Å².